The van der Waals surface area contributed by atoms with Gasteiger partial charge >= 0.3 is 5.97 Å². The van der Waals surface area contributed by atoms with Gasteiger partial charge in [0, 0.05) is 17.8 Å². The number of phenols is 1. The van der Waals surface area contributed by atoms with Crippen molar-refractivity contribution in [3.8, 4) is 16.9 Å². The molecule has 30 heavy (non-hydrogen) atoms. The number of benzene rings is 3. The second kappa shape index (κ2) is 8.87. The van der Waals surface area contributed by atoms with E-state index in [-0.39, 0.29) is 17.0 Å². The van der Waals surface area contributed by atoms with Crippen LogP contribution in [0.2, 0.25) is 0 Å². The van der Waals surface area contributed by atoms with E-state index in [1.54, 1.807) is 55.5 Å². The Hall–Kier alpha value is -4.20. The molecule has 0 heterocycles. The number of rotatable bonds is 6. The fourth-order valence-corrected chi connectivity index (χ4v) is 2.76. The van der Waals surface area contributed by atoms with Gasteiger partial charge in [0.05, 0.1) is 10.5 Å². The van der Waals surface area contributed by atoms with Crippen LogP contribution in [-0.4, -0.2) is 28.5 Å². The Morgan fingerprint density at radius 2 is 1.60 bits per heavy atom. The molecule has 0 aliphatic carbocycles. The first-order valence-corrected chi connectivity index (χ1v) is 8.95. The van der Waals surface area contributed by atoms with Gasteiger partial charge in [-0.25, -0.2) is 4.79 Å². The largest absolute Gasteiger partial charge is 0.508 e. The van der Waals surface area contributed by atoms with Crippen molar-refractivity contribution in [3.63, 3.8) is 0 Å². The van der Waals surface area contributed by atoms with Gasteiger partial charge in [-0.05, 0) is 53.9 Å². The Kier molecular flexibility index (Phi) is 6.07. The van der Waals surface area contributed by atoms with E-state index in [1.807, 2.05) is 0 Å². The van der Waals surface area contributed by atoms with Crippen LogP contribution in [0.3, 0.4) is 0 Å². The van der Waals surface area contributed by atoms with Crippen molar-refractivity contribution < 1.29 is 24.4 Å². The van der Waals surface area contributed by atoms with Crippen molar-refractivity contribution in [2.45, 2.75) is 6.92 Å². The molecule has 8 nitrogen and oxygen atoms in total. The zero-order valence-corrected chi connectivity index (χ0v) is 16.0. The van der Waals surface area contributed by atoms with Gasteiger partial charge in [0.1, 0.15) is 5.75 Å². The van der Waals surface area contributed by atoms with E-state index < -0.39 is 23.4 Å². The van der Waals surface area contributed by atoms with Gasteiger partial charge < -0.3 is 15.2 Å². The fraction of sp³-hybridized carbons (Fsp3) is 0.0909. The third-order valence-corrected chi connectivity index (χ3v) is 4.35. The van der Waals surface area contributed by atoms with Crippen molar-refractivity contribution >= 4 is 23.3 Å². The Morgan fingerprint density at radius 1 is 1.00 bits per heavy atom. The zero-order valence-electron chi connectivity index (χ0n) is 16.0. The number of nitro groups is 1. The molecule has 3 rings (SSSR count). The van der Waals surface area contributed by atoms with E-state index in [4.69, 9.17) is 4.74 Å². The van der Waals surface area contributed by atoms with E-state index in [9.17, 15) is 24.8 Å². The number of ether oxygens (including phenoxy) is 1. The fourth-order valence-electron chi connectivity index (χ4n) is 2.76. The van der Waals surface area contributed by atoms with Crippen molar-refractivity contribution in [1.29, 1.82) is 0 Å². The standard InChI is InChI=1S/C22H18N2O6/c1-14-12-18(24(28)29)8-11-20(14)23-21(26)13-30-22(27)17-4-2-15(3-5-17)16-6-9-19(25)10-7-16/h2-12,25H,13H2,1H3,(H,23,26). The summed E-state index contributed by atoms with van der Waals surface area (Å²) in [6.45, 7) is 1.14. The Morgan fingerprint density at radius 3 is 2.17 bits per heavy atom. The molecular weight excluding hydrogens is 388 g/mol. The van der Waals surface area contributed by atoms with Crippen LogP contribution in [0.15, 0.2) is 66.7 Å². The van der Waals surface area contributed by atoms with E-state index in [2.05, 4.69) is 5.32 Å². The predicted octanol–water partition coefficient (Wildman–Crippen LogP) is 4.07. The van der Waals surface area contributed by atoms with Crippen LogP contribution in [-0.2, 0) is 9.53 Å². The second-order valence-electron chi connectivity index (χ2n) is 6.50. The number of carbonyl (C=O) groups excluding carboxylic acids is 2. The van der Waals surface area contributed by atoms with Crippen LogP contribution in [0.25, 0.3) is 11.1 Å². The lowest BCUT2D eigenvalue weighted by atomic mass is 10.0. The highest BCUT2D eigenvalue weighted by Gasteiger charge is 2.13. The van der Waals surface area contributed by atoms with E-state index in [0.29, 0.717) is 11.3 Å². The topological polar surface area (TPSA) is 119 Å². The molecule has 0 fully saturated rings. The zero-order chi connectivity index (χ0) is 21.7. The first kappa shape index (κ1) is 20.5. The summed E-state index contributed by atoms with van der Waals surface area (Å²) in [4.78, 5) is 34.5. The summed E-state index contributed by atoms with van der Waals surface area (Å²) in [5.74, 6) is -1.04. The van der Waals surface area contributed by atoms with Crippen LogP contribution in [0.1, 0.15) is 15.9 Å². The molecule has 0 saturated carbocycles. The number of esters is 1. The van der Waals surface area contributed by atoms with Crippen LogP contribution in [0.5, 0.6) is 5.75 Å². The molecule has 0 bridgehead atoms. The Balaban J connectivity index is 1.56. The van der Waals surface area contributed by atoms with E-state index in [0.717, 1.165) is 11.1 Å². The highest BCUT2D eigenvalue weighted by Crippen LogP contribution is 2.23. The molecule has 0 saturated heterocycles. The quantitative estimate of drug-likeness (QED) is 0.362. The third kappa shape index (κ3) is 4.99. The van der Waals surface area contributed by atoms with Gasteiger partial charge in [0.25, 0.3) is 11.6 Å². The molecule has 2 N–H and O–H groups in total. The number of nitro benzene ring substituents is 1. The number of anilines is 1. The molecule has 0 aliphatic heterocycles. The summed E-state index contributed by atoms with van der Waals surface area (Å²) in [6, 6.07) is 17.4. The van der Waals surface area contributed by atoms with Crippen molar-refractivity contribution in [3.05, 3.63) is 88.0 Å². The number of aryl methyl sites for hydroxylation is 1. The second-order valence-corrected chi connectivity index (χ2v) is 6.50. The van der Waals surface area contributed by atoms with E-state index >= 15 is 0 Å². The predicted molar refractivity (Wildman–Crippen MR) is 110 cm³/mol. The molecule has 0 radical (unpaired) electrons. The van der Waals surface area contributed by atoms with Gasteiger partial charge in [-0.3, -0.25) is 14.9 Å². The lowest BCUT2D eigenvalue weighted by Gasteiger charge is -2.09. The number of non-ortho nitro benzene ring substituents is 1. The molecule has 0 aliphatic rings. The molecule has 3 aromatic carbocycles. The van der Waals surface area contributed by atoms with Crippen LogP contribution in [0.4, 0.5) is 11.4 Å². The highest BCUT2D eigenvalue weighted by molar-refractivity contribution is 5.96. The lowest BCUT2D eigenvalue weighted by molar-refractivity contribution is -0.384. The highest BCUT2D eigenvalue weighted by atomic mass is 16.6. The van der Waals surface area contributed by atoms with E-state index in [1.165, 1.54) is 18.2 Å². The number of nitrogens with zero attached hydrogens (tertiary/aromatic N) is 1. The summed E-state index contributed by atoms with van der Waals surface area (Å²) < 4.78 is 5.03. The lowest BCUT2D eigenvalue weighted by Crippen LogP contribution is -2.21. The molecular formula is C22H18N2O6. The summed E-state index contributed by atoms with van der Waals surface area (Å²) in [5.41, 5.74) is 2.88. The molecule has 152 valence electrons. The van der Waals surface area contributed by atoms with Crippen LogP contribution in [0, 0.1) is 17.0 Å². The van der Waals surface area contributed by atoms with Gasteiger partial charge in [-0.15, -0.1) is 0 Å². The third-order valence-electron chi connectivity index (χ3n) is 4.35. The van der Waals surface area contributed by atoms with Crippen molar-refractivity contribution in [2.24, 2.45) is 0 Å². The molecule has 3 aromatic rings. The average molecular weight is 406 g/mol. The first-order chi connectivity index (χ1) is 14.3. The number of hydrogen-bond donors (Lipinski definition) is 2. The maximum atomic E-state index is 12.2. The Bertz CT molecular complexity index is 1090. The summed E-state index contributed by atoms with van der Waals surface area (Å²) in [6.07, 6.45) is 0. The molecule has 0 aromatic heterocycles. The number of hydrogen-bond acceptors (Lipinski definition) is 6. The van der Waals surface area contributed by atoms with Gasteiger partial charge in [-0.1, -0.05) is 24.3 Å². The number of aromatic hydroxyl groups is 1. The van der Waals surface area contributed by atoms with Crippen molar-refractivity contribution in [1.82, 2.24) is 0 Å². The molecule has 0 atom stereocenters. The average Bonchev–Trinajstić information content (AvgIpc) is 2.74. The van der Waals surface area contributed by atoms with Gasteiger partial charge in [0.15, 0.2) is 6.61 Å². The number of amides is 1. The molecule has 0 unspecified atom stereocenters. The van der Waals surface area contributed by atoms with Crippen molar-refractivity contribution in [2.75, 3.05) is 11.9 Å². The van der Waals surface area contributed by atoms with Gasteiger partial charge in [0.2, 0.25) is 0 Å². The molecule has 8 heteroatoms. The first-order valence-electron chi connectivity index (χ1n) is 8.95. The summed E-state index contributed by atoms with van der Waals surface area (Å²) in [5, 5.41) is 22.7. The maximum Gasteiger partial charge on any atom is 0.338 e. The minimum atomic E-state index is -0.650. The van der Waals surface area contributed by atoms with Gasteiger partial charge in [-0.2, -0.15) is 0 Å². The molecule has 1 amide bonds. The number of carbonyl (C=O) groups is 2. The van der Waals surface area contributed by atoms with Crippen LogP contribution >= 0.6 is 0 Å². The monoisotopic (exact) mass is 406 g/mol. The number of phenolic OH excluding ortho intramolecular Hbond substituents is 1. The van der Waals surface area contributed by atoms with Crippen LogP contribution < -0.4 is 5.32 Å². The number of nitrogens with one attached hydrogen (secondary N) is 1. The maximum absolute atomic E-state index is 12.2. The normalized spacial score (nSPS) is 10.3. The summed E-state index contributed by atoms with van der Waals surface area (Å²) in [7, 11) is 0. The minimum absolute atomic E-state index is 0.0762. The summed E-state index contributed by atoms with van der Waals surface area (Å²) >= 11 is 0. The smallest absolute Gasteiger partial charge is 0.338 e. The Labute approximate surface area is 171 Å². The SMILES string of the molecule is Cc1cc([N+](=O)[O-])ccc1NC(=O)COC(=O)c1ccc(-c2ccc(O)cc2)cc1. The molecule has 0 spiro atoms. The minimum Gasteiger partial charge on any atom is -0.508 e.